The van der Waals surface area contributed by atoms with Crippen LogP contribution in [-0.2, 0) is 14.2 Å². The molecule has 1 heterocycles. The maximum absolute atomic E-state index is 12.7. The molecular formula is C27H34O5. The number of ether oxygens (including phenoxy) is 3. The lowest BCUT2D eigenvalue weighted by molar-refractivity contribution is -0.157. The Bertz CT molecular complexity index is 861. The molecule has 172 valence electrons. The number of aliphatic hydroxyl groups excluding tert-OH is 1. The number of carbonyl (C=O) groups excluding carboxylic acids is 1. The van der Waals surface area contributed by atoms with Crippen LogP contribution in [-0.4, -0.2) is 42.3 Å². The van der Waals surface area contributed by atoms with E-state index in [1.165, 1.54) is 0 Å². The van der Waals surface area contributed by atoms with Crippen LogP contribution in [0.3, 0.4) is 0 Å². The molecule has 2 aliphatic carbocycles. The number of carbonyl (C=O) groups is 1. The molecule has 0 radical (unpaired) electrons. The summed E-state index contributed by atoms with van der Waals surface area (Å²) in [7, 11) is 0. The highest BCUT2D eigenvalue weighted by Crippen LogP contribution is 2.55. The molecule has 1 spiro atoms. The summed E-state index contributed by atoms with van der Waals surface area (Å²) in [6.45, 7) is 5.31. The van der Waals surface area contributed by atoms with Crippen molar-refractivity contribution in [1.82, 2.24) is 0 Å². The van der Waals surface area contributed by atoms with Crippen LogP contribution in [0.4, 0.5) is 0 Å². The first-order valence-corrected chi connectivity index (χ1v) is 11.9. The molecule has 1 aromatic carbocycles. The molecule has 5 heteroatoms. The van der Waals surface area contributed by atoms with Gasteiger partial charge in [0.25, 0.3) is 0 Å². The van der Waals surface area contributed by atoms with E-state index in [1.54, 1.807) is 12.1 Å². The summed E-state index contributed by atoms with van der Waals surface area (Å²) in [5.41, 5.74) is 0.564. The molecule has 4 rings (SSSR count). The summed E-state index contributed by atoms with van der Waals surface area (Å²) in [6.07, 6.45) is 7.06. The highest BCUT2D eigenvalue weighted by molar-refractivity contribution is 5.89. The Labute approximate surface area is 191 Å². The SMILES string of the molecule is CCC#CCC(C)[C@H](O)C=C[C@@H]1[C@H]2CC3(C[C@H]2C[C@H]1OC(=O)c1ccccc1)OCCO3. The second-order valence-electron chi connectivity index (χ2n) is 9.33. The number of hydrogen-bond donors (Lipinski definition) is 1. The van der Waals surface area contributed by atoms with Gasteiger partial charge in [-0.1, -0.05) is 44.2 Å². The second kappa shape index (κ2) is 10.2. The summed E-state index contributed by atoms with van der Waals surface area (Å²) in [5.74, 6) is 6.18. The van der Waals surface area contributed by atoms with Gasteiger partial charge in [0.05, 0.1) is 24.9 Å². The zero-order chi connectivity index (χ0) is 22.6. The third-order valence-electron chi connectivity index (χ3n) is 7.10. The Morgan fingerprint density at radius 2 is 2.00 bits per heavy atom. The van der Waals surface area contributed by atoms with Crippen LogP contribution in [0.5, 0.6) is 0 Å². The minimum absolute atomic E-state index is 0.0309. The van der Waals surface area contributed by atoms with Gasteiger partial charge in [0.15, 0.2) is 5.79 Å². The van der Waals surface area contributed by atoms with Crippen LogP contribution in [0.15, 0.2) is 42.5 Å². The molecule has 1 saturated heterocycles. The van der Waals surface area contributed by atoms with E-state index in [4.69, 9.17) is 14.2 Å². The fourth-order valence-corrected chi connectivity index (χ4v) is 5.42. The monoisotopic (exact) mass is 438 g/mol. The standard InChI is InChI=1S/C27H34O5/c1-3-4-6-9-19(2)24(28)13-12-22-23-18-27(30-14-15-31-27)17-21(23)16-25(22)32-26(29)20-10-7-5-8-11-20/h5,7-8,10-13,19,21-25,28H,3,9,14-18H2,1-2H3/t19?,21-,22-,23+,24-,25-/m1/s1. The van der Waals surface area contributed by atoms with Crippen molar-refractivity contribution in [2.24, 2.45) is 23.7 Å². The van der Waals surface area contributed by atoms with E-state index in [0.717, 1.165) is 25.7 Å². The van der Waals surface area contributed by atoms with Crippen molar-refractivity contribution >= 4 is 5.97 Å². The number of esters is 1. The van der Waals surface area contributed by atoms with Crippen LogP contribution in [0.1, 0.15) is 56.3 Å². The van der Waals surface area contributed by atoms with Crippen molar-refractivity contribution in [2.75, 3.05) is 13.2 Å². The maximum atomic E-state index is 12.7. The molecular weight excluding hydrogens is 404 g/mol. The normalized spacial score (nSPS) is 30.1. The summed E-state index contributed by atoms with van der Waals surface area (Å²) in [6, 6.07) is 9.13. The number of rotatable bonds is 6. The summed E-state index contributed by atoms with van der Waals surface area (Å²) >= 11 is 0. The van der Waals surface area contributed by atoms with E-state index < -0.39 is 11.9 Å². The summed E-state index contributed by atoms with van der Waals surface area (Å²) in [5, 5.41) is 10.7. The number of fused-ring (bicyclic) bond motifs is 1. The van der Waals surface area contributed by atoms with E-state index in [-0.39, 0.29) is 23.9 Å². The van der Waals surface area contributed by atoms with E-state index in [1.807, 2.05) is 38.1 Å². The molecule has 3 fully saturated rings. The van der Waals surface area contributed by atoms with Gasteiger partial charge in [-0.05, 0) is 36.3 Å². The molecule has 6 atom stereocenters. The lowest BCUT2D eigenvalue weighted by Crippen LogP contribution is -2.31. The minimum atomic E-state index is -0.583. The van der Waals surface area contributed by atoms with Crippen LogP contribution in [0.25, 0.3) is 0 Å². The first-order valence-electron chi connectivity index (χ1n) is 11.9. The van der Waals surface area contributed by atoms with Crippen molar-refractivity contribution in [3.05, 3.63) is 48.0 Å². The predicted octanol–water partition coefficient (Wildman–Crippen LogP) is 4.36. The smallest absolute Gasteiger partial charge is 0.338 e. The van der Waals surface area contributed by atoms with Crippen molar-refractivity contribution in [3.8, 4) is 11.8 Å². The third kappa shape index (κ3) is 5.09. The zero-order valence-electron chi connectivity index (χ0n) is 19.0. The largest absolute Gasteiger partial charge is 0.458 e. The number of aliphatic hydroxyl groups is 1. The molecule has 0 amide bonds. The summed E-state index contributed by atoms with van der Waals surface area (Å²) in [4.78, 5) is 12.7. The molecule has 1 unspecified atom stereocenters. The Morgan fingerprint density at radius 3 is 2.72 bits per heavy atom. The predicted molar refractivity (Wildman–Crippen MR) is 122 cm³/mol. The average molecular weight is 439 g/mol. The molecule has 3 aliphatic rings. The fraction of sp³-hybridized carbons (Fsp3) is 0.593. The first-order chi connectivity index (χ1) is 15.5. The molecule has 0 bridgehead atoms. The van der Waals surface area contributed by atoms with Gasteiger partial charge in [-0.2, -0.15) is 0 Å². The van der Waals surface area contributed by atoms with Gasteiger partial charge in [-0.25, -0.2) is 4.79 Å². The lowest BCUT2D eigenvalue weighted by atomic mass is 9.89. The van der Waals surface area contributed by atoms with E-state index >= 15 is 0 Å². The van der Waals surface area contributed by atoms with E-state index in [0.29, 0.717) is 37.0 Å². The van der Waals surface area contributed by atoms with Gasteiger partial charge in [0.1, 0.15) is 6.10 Å². The van der Waals surface area contributed by atoms with Crippen LogP contribution in [0.2, 0.25) is 0 Å². The molecule has 1 aliphatic heterocycles. The van der Waals surface area contributed by atoms with Crippen molar-refractivity contribution < 1.29 is 24.1 Å². The Balaban J connectivity index is 1.48. The molecule has 32 heavy (non-hydrogen) atoms. The van der Waals surface area contributed by atoms with Crippen molar-refractivity contribution in [1.29, 1.82) is 0 Å². The van der Waals surface area contributed by atoms with E-state index in [9.17, 15) is 9.90 Å². The first kappa shape index (κ1) is 23.0. The minimum Gasteiger partial charge on any atom is -0.458 e. The van der Waals surface area contributed by atoms with Gasteiger partial charge < -0.3 is 19.3 Å². The fourth-order valence-electron chi connectivity index (χ4n) is 5.42. The molecule has 5 nitrogen and oxygen atoms in total. The molecule has 2 saturated carbocycles. The Hall–Kier alpha value is -2.13. The molecule has 0 aromatic heterocycles. The van der Waals surface area contributed by atoms with Crippen molar-refractivity contribution in [2.45, 2.75) is 63.9 Å². The van der Waals surface area contributed by atoms with Gasteiger partial charge >= 0.3 is 5.97 Å². The topological polar surface area (TPSA) is 65.0 Å². The Kier molecular flexibility index (Phi) is 7.35. The lowest BCUT2D eigenvalue weighted by Gasteiger charge is -2.27. The second-order valence-corrected chi connectivity index (χ2v) is 9.33. The summed E-state index contributed by atoms with van der Waals surface area (Å²) < 4.78 is 17.9. The molecule has 1 aromatic rings. The van der Waals surface area contributed by atoms with Crippen LogP contribution >= 0.6 is 0 Å². The number of benzene rings is 1. The van der Waals surface area contributed by atoms with Gasteiger partial charge in [-0.15, -0.1) is 11.8 Å². The van der Waals surface area contributed by atoms with Crippen LogP contribution in [0, 0.1) is 35.5 Å². The highest BCUT2D eigenvalue weighted by atomic mass is 16.7. The van der Waals surface area contributed by atoms with Gasteiger partial charge in [0, 0.05) is 31.6 Å². The average Bonchev–Trinajstić information content (AvgIpc) is 3.48. The van der Waals surface area contributed by atoms with Gasteiger partial charge in [-0.3, -0.25) is 0 Å². The Morgan fingerprint density at radius 1 is 1.25 bits per heavy atom. The molecule has 1 N–H and O–H groups in total. The van der Waals surface area contributed by atoms with Crippen LogP contribution < -0.4 is 0 Å². The maximum Gasteiger partial charge on any atom is 0.338 e. The third-order valence-corrected chi connectivity index (χ3v) is 7.10. The van der Waals surface area contributed by atoms with Crippen molar-refractivity contribution in [3.63, 3.8) is 0 Å². The van der Waals surface area contributed by atoms with Gasteiger partial charge in [0.2, 0.25) is 0 Å². The highest BCUT2D eigenvalue weighted by Gasteiger charge is 2.57. The quantitative estimate of drug-likeness (QED) is 0.406. The van der Waals surface area contributed by atoms with E-state index in [2.05, 4.69) is 17.9 Å². The zero-order valence-corrected chi connectivity index (χ0v) is 19.0. The number of hydrogen-bond acceptors (Lipinski definition) is 5.